The van der Waals surface area contributed by atoms with Gasteiger partial charge in [0.05, 0.1) is 18.6 Å². The molecule has 2 atom stereocenters. The number of hydrogen-bond donors (Lipinski definition) is 2. The lowest BCUT2D eigenvalue weighted by Gasteiger charge is -2.02. The molecule has 3 nitrogen and oxygen atoms in total. The molecular weight excluding hydrogens is 142 g/mol. The summed E-state index contributed by atoms with van der Waals surface area (Å²) in [5, 5.41) is 11.4. The van der Waals surface area contributed by atoms with Crippen LogP contribution in [-0.2, 0) is 4.79 Å². The number of aliphatic hydroxyl groups excluding tert-OH is 1. The molecule has 1 rings (SSSR count). The quantitative estimate of drug-likeness (QED) is 0.526. The van der Waals surface area contributed by atoms with Crippen molar-refractivity contribution in [2.45, 2.75) is 18.9 Å². The van der Waals surface area contributed by atoms with Gasteiger partial charge in [-0.05, 0) is 6.42 Å². The number of carbonyl (C=O) groups is 1. The maximum absolute atomic E-state index is 11.0. The largest absolute Gasteiger partial charge is 0.394 e. The molecule has 0 aromatic carbocycles. The van der Waals surface area contributed by atoms with Gasteiger partial charge in [-0.1, -0.05) is 0 Å². The minimum atomic E-state index is -0.0860. The molecule has 1 amide bonds. The van der Waals surface area contributed by atoms with E-state index in [-0.39, 0.29) is 24.5 Å². The van der Waals surface area contributed by atoms with Crippen LogP contribution in [0.3, 0.4) is 0 Å². The average Bonchev–Trinajstić information content (AvgIpc) is 2.33. The van der Waals surface area contributed by atoms with Crippen LogP contribution < -0.4 is 5.32 Å². The van der Waals surface area contributed by atoms with Crippen LogP contribution in [0.25, 0.3) is 0 Å². The Kier molecular flexibility index (Phi) is 2.50. The van der Waals surface area contributed by atoms with Crippen molar-refractivity contribution in [2.75, 3.05) is 6.61 Å². The van der Waals surface area contributed by atoms with Gasteiger partial charge in [0.2, 0.25) is 5.91 Å². The number of nitrogens with one attached hydrogen (secondary N) is 1. The van der Waals surface area contributed by atoms with Gasteiger partial charge in [0, 0.05) is 6.42 Å². The maximum Gasteiger partial charge on any atom is 0.224 e. The summed E-state index contributed by atoms with van der Waals surface area (Å²) in [6.07, 6.45) is 6.21. The summed E-state index contributed by atoms with van der Waals surface area (Å²) in [5.74, 6) is 2.33. The van der Waals surface area contributed by atoms with Gasteiger partial charge in [-0.3, -0.25) is 4.79 Å². The Labute approximate surface area is 65.8 Å². The molecule has 0 saturated carbocycles. The molecule has 0 aliphatic carbocycles. The second-order valence-corrected chi connectivity index (χ2v) is 2.73. The van der Waals surface area contributed by atoms with Crippen molar-refractivity contribution in [3.05, 3.63) is 0 Å². The number of terminal acetylenes is 1. The van der Waals surface area contributed by atoms with E-state index in [1.54, 1.807) is 0 Å². The second-order valence-electron chi connectivity index (χ2n) is 2.73. The highest BCUT2D eigenvalue weighted by Gasteiger charge is 2.30. The molecule has 0 aromatic rings. The summed E-state index contributed by atoms with van der Waals surface area (Å²) in [6, 6.07) is -0.0825. The molecule has 2 N–H and O–H groups in total. The molecule has 3 heteroatoms. The van der Waals surface area contributed by atoms with Gasteiger partial charge in [0.25, 0.3) is 0 Å². The lowest BCUT2D eigenvalue weighted by atomic mass is 10.0. The Morgan fingerprint density at radius 3 is 3.00 bits per heavy atom. The SMILES string of the molecule is C#CC[C@H]1C[C@@H](CO)NC1=O. The number of aliphatic hydroxyl groups is 1. The van der Waals surface area contributed by atoms with Gasteiger partial charge in [0.1, 0.15) is 0 Å². The molecule has 1 heterocycles. The summed E-state index contributed by atoms with van der Waals surface area (Å²) in [7, 11) is 0. The van der Waals surface area contributed by atoms with Crippen molar-refractivity contribution < 1.29 is 9.90 Å². The lowest BCUT2D eigenvalue weighted by Crippen LogP contribution is -2.28. The van der Waals surface area contributed by atoms with Gasteiger partial charge in [-0.2, -0.15) is 0 Å². The summed E-state index contributed by atoms with van der Waals surface area (Å²) >= 11 is 0. The molecular formula is C8H11NO2. The normalized spacial score (nSPS) is 29.6. The molecule has 0 aromatic heterocycles. The highest BCUT2D eigenvalue weighted by molar-refractivity contribution is 5.81. The van der Waals surface area contributed by atoms with E-state index >= 15 is 0 Å². The van der Waals surface area contributed by atoms with Crippen LogP contribution in [0.4, 0.5) is 0 Å². The fourth-order valence-corrected chi connectivity index (χ4v) is 1.27. The van der Waals surface area contributed by atoms with Gasteiger partial charge in [-0.15, -0.1) is 12.3 Å². The number of carbonyl (C=O) groups excluding carboxylic acids is 1. The van der Waals surface area contributed by atoms with E-state index in [0.29, 0.717) is 12.8 Å². The predicted molar refractivity (Wildman–Crippen MR) is 40.6 cm³/mol. The van der Waals surface area contributed by atoms with Crippen LogP contribution in [0.5, 0.6) is 0 Å². The summed E-state index contributed by atoms with van der Waals surface area (Å²) in [6.45, 7) is 0.00676. The highest BCUT2D eigenvalue weighted by Crippen LogP contribution is 2.17. The van der Waals surface area contributed by atoms with Crippen molar-refractivity contribution in [1.82, 2.24) is 5.32 Å². The van der Waals surface area contributed by atoms with Crippen molar-refractivity contribution in [1.29, 1.82) is 0 Å². The van der Waals surface area contributed by atoms with E-state index in [2.05, 4.69) is 11.2 Å². The topological polar surface area (TPSA) is 49.3 Å². The summed E-state index contributed by atoms with van der Waals surface area (Å²) in [5.41, 5.74) is 0. The van der Waals surface area contributed by atoms with E-state index in [0.717, 1.165) is 0 Å². The van der Waals surface area contributed by atoms with E-state index in [4.69, 9.17) is 11.5 Å². The van der Waals surface area contributed by atoms with Crippen LogP contribution in [0, 0.1) is 18.3 Å². The van der Waals surface area contributed by atoms with Crippen LogP contribution in [0.15, 0.2) is 0 Å². The van der Waals surface area contributed by atoms with Crippen LogP contribution in [0.2, 0.25) is 0 Å². The van der Waals surface area contributed by atoms with Gasteiger partial charge >= 0.3 is 0 Å². The Balaban J connectivity index is 2.46. The van der Waals surface area contributed by atoms with Crippen LogP contribution in [0.1, 0.15) is 12.8 Å². The summed E-state index contributed by atoms with van der Waals surface area (Å²) in [4.78, 5) is 11.0. The minimum Gasteiger partial charge on any atom is -0.394 e. The third kappa shape index (κ3) is 1.72. The molecule has 0 spiro atoms. The molecule has 0 bridgehead atoms. The third-order valence-electron chi connectivity index (χ3n) is 1.87. The van der Waals surface area contributed by atoms with Crippen molar-refractivity contribution in [3.8, 4) is 12.3 Å². The average molecular weight is 153 g/mol. The first-order valence-corrected chi connectivity index (χ1v) is 3.62. The third-order valence-corrected chi connectivity index (χ3v) is 1.87. The molecule has 0 unspecified atom stereocenters. The molecule has 1 saturated heterocycles. The molecule has 1 aliphatic rings. The van der Waals surface area contributed by atoms with Crippen molar-refractivity contribution >= 4 is 5.91 Å². The van der Waals surface area contributed by atoms with E-state index in [1.165, 1.54) is 0 Å². The first-order valence-electron chi connectivity index (χ1n) is 3.62. The van der Waals surface area contributed by atoms with Crippen LogP contribution >= 0.6 is 0 Å². The Hall–Kier alpha value is -1.01. The van der Waals surface area contributed by atoms with Crippen LogP contribution in [-0.4, -0.2) is 23.7 Å². The zero-order valence-corrected chi connectivity index (χ0v) is 6.21. The van der Waals surface area contributed by atoms with E-state index in [9.17, 15) is 4.79 Å². The predicted octanol–water partition coefficient (Wildman–Crippen LogP) is -0.493. The number of amides is 1. The standard InChI is InChI=1S/C8H11NO2/c1-2-3-6-4-7(5-10)9-8(6)11/h1,6-7,10H,3-5H2,(H,9,11)/t6-,7-/m0/s1. The Morgan fingerprint density at radius 2 is 2.55 bits per heavy atom. The lowest BCUT2D eigenvalue weighted by molar-refractivity contribution is -0.122. The van der Waals surface area contributed by atoms with Gasteiger partial charge < -0.3 is 10.4 Å². The molecule has 0 radical (unpaired) electrons. The van der Waals surface area contributed by atoms with Gasteiger partial charge in [-0.25, -0.2) is 0 Å². The molecule has 1 fully saturated rings. The zero-order valence-electron chi connectivity index (χ0n) is 6.21. The first kappa shape index (κ1) is 8.09. The summed E-state index contributed by atoms with van der Waals surface area (Å²) < 4.78 is 0. The zero-order chi connectivity index (χ0) is 8.27. The van der Waals surface area contributed by atoms with Crippen molar-refractivity contribution in [2.24, 2.45) is 5.92 Å². The van der Waals surface area contributed by atoms with E-state index in [1.807, 2.05) is 0 Å². The highest BCUT2D eigenvalue weighted by atomic mass is 16.3. The Morgan fingerprint density at radius 1 is 1.82 bits per heavy atom. The van der Waals surface area contributed by atoms with E-state index < -0.39 is 0 Å². The van der Waals surface area contributed by atoms with Gasteiger partial charge in [0.15, 0.2) is 0 Å². The molecule has 11 heavy (non-hydrogen) atoms. The fraction of sp³-hybridized carbons (Fsp3) is 0.625. The number of hydrogen-bond acceptors (Lipinski definition) is 2. The monoisotopic (exact) mass is 153 g/mol. The smallest absolute Gasteiger partial charge is 0.224 e. The number of rotatable bonds is 2. The van der Waals surface area contributed by atoms with Crippen molar-refractivity contribution in [3.63, 3.8) is 0 Å². The second kappa shape index (κ2) is 3.40. The fourth-order valence-electron chi connectivity index (χ4n) is 1.27. The minimum absolute atomic E-state index is 0.00676. The Bertz CT molecular complexity index is 195. The maximum atomic E-state index is 11.0. The molecule has 60 valence electrons. The molecule has 1 aliphatic heterocycles. The first-order chi connectivity index (χ1) is 5.27.